The van der Waals surface area contributed by atoms with Crippen molar-refractivity contribution in [2.24, 2.45) is 5.73 Å². The molecule has 3 nitrogen and oxygen atoms in total. The van der Waals surface area contributed by atoms with Crippen LogP contribution < -0.4 is 5.73 Å². The maximum absolute atomic E-state index is 5.54. The smallest absolute Gasteiger partial charge is 0.159 e. The summed E-state index contributed by atoms with van der Waals surface area (Å²) in [6, 6.07) is 12.0. The molecule has 0 aliphatic heterocycles. The molecule has 0 bridgehead atoms. The summed E-state index contributed by atoms with van der Waals surface area (Å²) in [5.74, 6) is 0.782. The molecule has 0 spiro atoms. The zero-order chi connectivity index (χ0) is 11.4. The summed E-state index contributed by atoms with van der Waals surface area (Å²) in [5, 5.41) is 0. The summed E-state index contributed by atoms with van der Waals surface area (Å²) in [6.07, 6.45) is 0.795. The van der Waals surface area contributed by atoms with E-state index in [1.807, 2.05) is 43.3 Å². The van der Waals surface area contributed by atoms with Gasteiger partial charge in [0, 0.05) is 23.4 Å². The van der Waals surface area contributed by atoms with Crippen LogP contribution in [0.5, 0.6) is 0 Å². The first kappa shape index (κ1) is 13.6. The van der Waals surface area contributed by atoms with Gasteiger partial charge in [0.2, 0.25) is 0 Å². The predicted octanol–water partition coefficient (Wildman–Crippen LogP) is 2.38. The fourth-order valence-electron chi connectivity index (χ4n) is 1.63. The van der Waals surface area contributed by atoms with E-state index in [0.29, 0.717) is 6.54 Å². The van der Waals surface area contributed by atoms with Gasteiger partial charge in [0.15, 0.2) is 5.82 Å². The highest BCUT2D eigenvalue weighted by Crippen LogP contribution is 2.15. The third kappa shape index (κ3) is 3.51. The maximum atomic E-state index is 5.54. The summed E-state index contributed by atoms with van der Waals surface area (Å²) in [7, 11) is 0. The van der Waals surface area contributed by atoms with Crippen molar-refractivity contribution < 1.29 is 0 Å². The van der Waals surface area contributed by atoms with Crippen LogP contribution in [-0.2, 0) is 6.42 Å². The molecule has 2 rings (SSSR count). The molecular weight excluding hydrogens is 234 g/mol. The molecule has 2 aromatic rings. The maximum Gasteiger partial charge on any atom is 0.159 e. The number of nitrogens with zero attached hydrogens (tertiary/aromatic N) is 2. The van der Waals surface area contributed by atoms with E-state index in [1.165, 1.54) is 0 Å². The fraction of sp³-hybridized carbons (Fsp3) is 0.231. The van der Waals surface area contributed by atoms with Crippen LogP contribution in [0.1, 0.15) is 11.4 Å². The van der Waals surface area contributed by atoms with E-state index >= 15 is 0 Å². The van der Waals surface area contributed by atoms with E-state index in [0.717, 1.165) is 29.2 Å². The van der Waals surface area contributed by atoms with Gasteiger partial charge in [0.1, 0.15) is 0 Å². The van der Waals surface area contributed by atoms with Crippen molar-refractivity contribution in [1.29, 1.82) is 0 Å². The third-order valence-electron chi connectivity index (χ3n) is 2.34. The molecule has 1 aromatic carbocycles. The minimum Gasteiger partial charge on any atom is -0.330 e. The van der Waals surface area contributed by atoms with E-state index in [1.54, 1.807) is 0 Å². The number of benzene rings is 1. The molecule has 0 aliphatic rings. The second-order valence-electron chi connectivity index (χ2n) is 3.73. The summed E-state index contributed by atoms with van der Waals surface area (Å²) < 4.78 is 0. The van der Waals surface area contributed by atoms with Crippen molar-refractivity contribution in [3.8, 4) is 11.4 Å². The molecule has 4 heteroatoms. The number of aromatic nitrogens is 2. The first-order valence-electron chi connectivity index (χ1n) is 5.39. The van der Waals surface area contributed by atoms with Gasteiger partial charge >= 0.3 is 0 Å². The van der Waals surface area contributed by atoms with E-state index in [-0.39, 0.29) is 12.4 Å². The molecule has 1 heterocycles. The van der Waals surface area contributed by atoms with Crippen molar-refractivity contribution in [3.05, 3.63) is 47.8 Å². The van der Waals surface area contributed by atoms with Gasteiger partial charge in [-0.25, -0.2) is 9.97 Å². The number of nitrogens with two attached hydrogens (primary N) is 1. The van der Waals surface area contributed by atoms with Crippen molar-refractivity contribution in [2.45, 2.75) is 13.3 Å². The van der Waals surface area contributed by atoms with Gasteiger partial charge in [-0.15, -0.1) is 12.4 Å². The molecule has 0 saturated carbocycles. The van der Waals surface area contributed by atoms with Crippen LogP contribution in [0.15, 0.2) is 36.4 Å². The molecule has 0 aliphatic carbocycles. The molecule has 2 N–H and O–H groups in total. The van der Waals surface area contributed by atoms with Crippen LogP contribution in [0.2, 0.25) is 0 Å². The molecule has 0 amide bonds. The lowest BCUT2D eigenvalue weighted by molar-refractivity contribution is 0.905. The zero-order valence-corrected chi connectivity index (χ0v) is 10.6. The monoisotopic (exact) mass is 249 g/mol. The molecule has 0 atom stereocenters. The van der Waals surface area contributed by atoms with Gasteiger partial charge in [-0.2, -0.15) is 0 Å². The van der Waals surface area contributed by atoms with Gasteiger partial charge in [-0.05, 0) is 19.5 Å². The number of rotatable bonds is 3. The van der Waals surface area contributed by atoms with Gasteiger partial charge in [-0.1, -0.05) is 30.3 Å². The standard InChI is InChI=1S/C13H15N3.ClH/c1-10-9-12(7-8-14)16-13(15-10)11-5-3-2-4-6-11;/h2-6,9H,7-8,14H2,1H3;1H. The Morgan fingerprint density at radius 3 is 2.47 bits per heavy atom. The Kier molecular flexibility index (Phi) is 5.07. The van der Waals surface area contributed by atoms with Crippen molar-refractivity contribution in [2.75, 3.05) is 6.54 Å². The second kappa shape index (κ2) is 6.33. The average Bonchev–Trinajstić information content (AvgIpc) is 2.30. The highest BCUT2D eigenvalue weighted by Gasteiger charge is 2.03. The average molecular weight is 250 g/mol. The van der Waals surface area contributed by atoms with Crippen molar-refractivity contribution >= 4 is 12.4 Å². The van der Waals surface area contributed by atoms with Crippen LogP contribution in [0.25, 0.3) is 11.4 Å². The van der Waals surface area contributed by atoms with Crippen molar-refractivity contribution in [1.82, 2.24) is 9.97 Å². The number of hydrogen-bond donors (Lipinski definition) is 1. The summed E-state index contributed by atoms with van der Waals surface area (Å²) in [6.45, 7) is 2.60. The van der Waals surface area contributed by atoms with Gasteiger partial charge in [-0.3, -0.25) is 0 Å². The Morgan fingerprint density at radius 1 is 1.12 bits per heavy atom. The lowest BCUT2D eigenvalue weighted by Crippen LogP contribution is -2.06. The molecule has 17 heavy (non-hydrogen) atoms. The SMILES string of the molecule is Cc1cc(CCN)nc(-c2ccccc2)n1.Cl. The second-order valence-corrected chi connectivity index (χ2v) is 3.73. The molecule has 1 aromatic heterocycles. The zero-order valence-electron chi connectivity index (χ0n) is 9.76. The van der Waals surface area contributed by atoms with Crippen LogP contribution in [-0.4, -0.2) is 16.5 Å². The topological polar surface area (TPSA) is 51.8 Å². The van der Waals surface area contributed by atoms with Crippen molar-refractivity contribution in [3.63, 3.8) is 0 Å². The molecule has 90 valence electrons. The fourth-order valence-corrected chi connectivity index (χ4v) is 1.63. The molecule has 0 fully saturated rings. The number of aryl methyl sites for hydroxylation is 1. The first-order valence-corrected chi connectivity index (χ1v) is 5.39. The largest absolute Gasteiger partial charge is 0.330 e. The summed E-state index contributed by atoms with van der Waals surface area (Å²) in [5.41, 5.74) is 8.58. The van der Waals surface area contributed by atoms with Crippen LogP contribution in [0.3, 0.4) is 0 Å². The lowest BCUT2D eigenvalue weighted by atomic mass is 10.2. The first-order chi connectivity index (χ1) is 7.79. The Labute approximate surface area is 108 Å². The quantitative estimate of drug-likeness (QED) is 0.909. The van der Waals surface area contributed by atoms with E-state index < -0.39 is 0 Å². The predicted molar refractivity (Wildman–Crippen MR) is 72.2 cm³/mol. The Bertz CT molecular complexity index is 471. The van der Waals surface area contributed by atoms with E-state index in [4.69, 9.17) is 5.73 Å². The summed E-state index contributed by atoms with van der Waals surface area (Å²) >= 11 is 0. The highest BCUT2D eigenvalue weighted by molar-refractivity contribution is 5.85. The van der Waals surface area contributed by atoms with Gasteiger partial charge in [0.05, 0.1) is 0 Å². The van der Waals surface area contributed by atoms with Crippen LogP contribution in [0.4, 0.5) is 0 Å². The molecule has 0 radical (unpaired) electrons. The molecule has 0 saturated heterocycles. The third-order valence-corrected chi connectivity index (χ3v) is 2.34. The Morgan fingerprint density at radius 2 is 1.82 bits per heavy atom. The normalized spacial score (nSPS) is 9.76. The van der Waals surface area contributed by atoms with Gasteiger partial charge < -0.3 is 5.73 Å². The minimum absolute atomic E-state index is 0. The van der Waals surface area contributed by atoms with E-state index in [2.05, 4.69) is 9.97 Å². The molecular formula is C13H16ClN3. The summed E-state index contributed by atoms with van der Waals surface area (Å²) in [4.78, 5) is 8.94. The van der Waals surface area contributed by atoms with E-state index in [9.17, 15) is 0 Å². The Hall–Kier alpha value is -1.45. The Balaban J connectivity index is 0.00000144. The minimum atomic E-state index is 0. The number of halogens is 1. The highest BCUT2D eigenvalue weighted by atomic mass is 35.5. The van der Waals surface area contributed by atoms with Crippen LogP contribution >= 0.6 is 12.4 Å². The molecule has 0 unspecified atom stereocenters. The number of hydrogen-bond acceptors (Lipinski definition) is 3. The van der Waals surface area contributed by atoms with Crippen LogP contribution in [0, 0.1) is 6.92 Å². The van der Waals surface area contributed by atoms with Gasteiger partial charge in [0.25, 0.3) is 0 Å². The lowest BCUT2D eigenvalue weighted by Gasteiger charge is -2.05.